The molecular weight excluding hydrogens is 1400 g/mol. The first kappa shape index (κ1) is 79.4. The van der Waals surface area contributed by atoms with E-state index in [1.807, 2.05) is 0 Å². The van der Waals surface area contributed by atoms with E-state index in [4.69, 9.17) is 39.9 Å². The zero-order valence-corrected chi connectivity index (χ0v) is 56.8. The van der Waals surface area contributed by atoms with Gasteiger partial charge in [-0.1, -0.05) is 110 Å². The van der Waals surface area contributed by atoms with Crippen LogP contribution in [0.1, 0.15) is 41.0 Å². The van der Waals surface area contributed by atoms with E-state index >= 15 is 9.59 Å². The third kappa shape index (κ3) is 18.1. The number of nitrogens with two attached hydrogens (primary N) is 2. The lowest BCUT2D eigenvalue weighted by atomic mass is 9.91. The van der Waals surface area contributed by atoms with Crippen molar-refractivity contribution in [2.45, 2.75) is 172 Å². The Hall–Kier alpha value is -9.17. The molecule has 6 amide bonds. The molecule has 25 atom stereocenters. The van der Waals surface area contributed by atoms with Crippen LogP contribution in [-0.4, -0.2) is 317 Å². The smallest absolute Gasteiger partial charge is 0.318 e. The number of aliphatic imine (C=N–C) groups is 2. The minimum atomic E-state index is -2.36. The molecule has 0 radical (unpaired) electrons. The van der Waals surface area contributed by atoms with Crippen LogP contribution in [0.4, 0.5) is 0 Å². The molecule has 4 aromatic rings. The molecule has 10 rings (SSSR count). The van der Waals surface area contributed by atoms with Crippen molar-refractivity contribution in [1.29, 1.82) is 0 Å². The Kier molecular flexibility index (Phi) is 26.6. The third-order valence-electron chi connectivity index (χ3n) is 19.2. The first-order valence-electron chi connectivity index (χ1n) is 34.0. The summed E-state index contributed by atoms with van der Waals surface area (Å²) in [7, 11) is 0. The number of amides is 6. The fraction of sp³-hybridized carbons (Fsp3) is 0.515. The number of benzene rings is 4. The summed E-state index contributed by atoms with van der Waals surface area (Å²) >= 11 is 0. The highest BCUT2D eigenvalue weighted by Crippen LogP contribution is 2.34. The molecule has 0 aliphatic carbocycles. The van der Waals surface area contributed by atoms with E-state index in [0.29, 0.717) is 16.7 Å². The molecule has 38 nitrogen and oxygen atoms in total. The second kappa shape index (κ2) is 35.5. The number of aliphatic hydroxyl groups excluding tert-OH is 13. The van der Waals surface area contributed by atoms with Crippen LogP contribution in [0.25, 0.3) is 0 Å². The summed E-state index contributed by atoms with van der Waals surface area (Å²) in [5.41, 5.74) is 14.0. The molecule has 24 N–H and O–H groups in total. The molecule has 5 unspecified atom stereocenters. The predicted molar refractivity (Wildman–Crippen MR) is 362 cm³/mol. The van der Waals surface area contributed by atoms with Gasteiger partial charge in [0.1, 0.15) is 134 Å². The number of nitrogens with one attached hydrogen (secondary N) is 7. The number of ether oxygens (including phenoxy) is 6. The normalized spacial score (nSPS) is 33.8. The van der Waals surface area contributed by atoms with E-state index in [-0.39, 0.29) is 23.8 Å². The quantitative estimate of drug-likeness (QED) is 0.0345. The molecule has 4 aromatic carbocycles. The standard InChI is InChI=1S/C68H88N12O26/c1-29(31-11-5-2-6-12-31)44-60(97)74-35(21-30-17-19-34(20-18-30)102-65-56(94)53(91)57(40(27-83)104-65)106-66-55(93)52(90)50(88)41(105-66)28-101-64(100)43(32-13-7-3-8-14-32)33-15-9-4-10-16-33)59(96)78-45(47(85)36-22-72-67(69)76-36)62(99)79-46(61(98)75-37(25-81)58(95)71-24-42(84)77-44)48(86)38-23-73-68(70)80(38)63-54(92)51(89)49(87)39(26-82)103-63/h2-20,29,35-41,43-57,63,65-66,81-83,85-94H,21-28H2,1H3,(H2,70,73)(H,71,95)(H,74,97)(H,75,98)(H,77,84)(H,78,96)(H,79,99)(H3,69,72,76)/t29?,35-,36?,37+,38?,39-,40-,41-,44+,45+,46-,47?,48?,49-,50-,51+,52+,53-,54+,55+,56+,57-,63+,65+,66-/m1/s1. The van der Waals surface area contributed by atoms with E-state index in [2.05, 4.69) is 47.2 Å². The Morgan fingerprint density at radius 1 is 0.547 bits per heavy atom. The van der Waals surface area contributed by atoms with Gasteiger partial charge in [-0.2, -0.15) is 0 Å². The summed E-state index contributed by atoms with van der Waals surface area (Å²) < 4.78 is 34.9. The largest absolute Gasteiger partial charge is 0.462 e. The summed E-state index contributed by atoms with van der Waals surface area (Å²) in [5.74, 6) is -10.8. The number of hydrogen-bond donors (Lipinski definition) is 22. The van der Waals surface area contributed by atoms with Gasteiger partial charge in [-0.15, -0.1) is 0 Å². The fourth-order valence-corrected chi connectivity index (χ4v) is 13.2. The second-order valence-corrected chi connectivity index (χ2v) is 26.3. The van der Waals surface area contributed by atoms with E-state index in [1.165, 1.54) is 24.3 Å². The molecular formula is C68H88N12O26. The average Bonchev–Trinajstić information content (AvgIpc) is 1.53. The zero-order chi connectivity index (χ0) is 76.4. The van der Waals surface area contributed by atoms with Crippen LogP contribution >= 0.6 is 0 Å². The number of carbonyl (C=O) groups excluding carboxylic acids is 7. The van der Waals surface area contributed by atoms with Crippen molar-refractivity contribution in [3.8, 4) is 5.75 Å². The maximum Gasteiger partial charge on any atom is 0.318 e. The molecule has 0 aromatic heterocycles. The number of nitrogens with zero attached hydrogens (tertiary/aromatic N) is 3. The minimum absolute atomic E-state index is 0.0947. The number of guanidine groups is 2. The zero-order valence-electron chi connectivity index (χ0n) is 56.8. The van der Waals surface area contributed by atoms with Crippen molar-refractivity contribution >= 4 is 53.3 Å². The van der Waals surface area contributed by atoms with Crippen molar-refractivity contribution in [1.82, 2.24) is 42.1 Å². The average molecular weight is 1490 g/mol. The van der Waals surface area contributed by atoms with Gasteiger partial charge in [-0.3, -0.25) is 43.5 Å². The van der Waals surface area contributed by atoms with Gasteiger partial charge in [-0.25, -0.2) is 0 Å². The molecule has 0 bridgehead atoms. The van der Waals surface area contributed by atoms with Gasteiger partial charge >= 0.3 is 5.97 Å². The molecule has 6 heterocycles. The summed E-state index contributed by atoms with van der Waals surface area (Å²) in [6.07, 6.45) is -32.6. The highest BCUT2D eigenvalue weighted by atomic mass is 16.7. The fourth-order valence-electron chi connectivity index (χ4n) is 13.2. The van der Waals surface area contributed by atoms with Gasteiger partial charge in [0, 0.05) is 12.3 Å². The number of aliphatic hydroxyl groups is 13. The third-order valence-corrected chi connectivity index (χ3v) is 19.2. The van der Waals surface area contributed by atoms with Crippen LogP contribution in [-0.2, 0) is 63.7 Å². The van der Waals surface area contributed by atoms with Gasteiger partial charge in [-0.05, 0) is 34.4 Å². The number of rotatable bonds is 21. The first-order chi connectivity index (χ1) is 50.7. The Bertz CT molecular complexity index is 3690. The van der Waals surface area contributed by atoms with Crippen LogP contribution in [0, 0.1) is 0 Å². The van der Waals surface area contributed by atoms with E-state index in [1.54, 1.807) is 97.9 Å². The summed E-state index contributed by atoms with van der Waals surface area (Å²) in [6, 6.07) is 18.0. The second-order valence-electron chi connectivity index (χ2n) is 26.3. The first-order valence-corrected chi connectivity index (χ1v) is 34.0. The van der Waals surface area contributed by atoms with Gasteiger partial charge < -0.3 is 148 Å². The van der Waals surface area contributed by atoms with Crippen LogP contribution < -0.4 is 53.4 Å². The Morgan fingerprint density at radius 2 is 1.09 bits per heavy atom. The van der Waals surface area contributed by atoms with Crippen LogP contribution in [0.3, 0.4) is 0 Å². The van der Waals surface area contributed by atoms with Crippen molar-refractivity contribution in [3.63, 3.8) is 0 Å². The molecule has 6 aliphatic heterocycles. The monoisotopic (exact) mass is 1490 g/mol. The maximum atomic E-state index is 15.2. The number of esters is 1. The lowest BCUT2D eigenvalue weighted by molar-refractivity contribution is -0.352. The van der Waals surface area contributed by atoms with E-state index < -0.39 is 252 Å². The molecule has 0 spiro atoms. The molecule has 38 heteroatoms. The van der Waals surface area contributed by atoms with Crippen LogP contribution in [0.2, 0.25) is 0 Å². The van der Waals surface area contributed by atoms with Crippen molar-refractivity contribution in [2.75, 3.05) is 46.1 Å². The Morgan fingerprint density at radius 3 is 1.70 bits per heavy atom. The van der Waals surface area contributed by atoms with Gasteiger partial charge in [0.05, 0.1) is 51.5 Å². The summed E-state index contributed by atoms with van der Waals surface area (Å²) in [6.45, 7) is -3.92. The molecule has 106 heavy (non-hydrogen) atoms. The van der Waals surface area contributed by atoms with Gasteiger partial charge in [0.2, 0.25) is 41.7 Å². The number of carbonyl (C=O) groups is 7. The predicted octanol–water partition coefficient (Wildman–Crippen LogP) is -10.2. The lowest BCUT2D eigenvalue weighted by Gasteiger charge is -2.46. The van der Waals surface area contributed by atoms with Crippen molar-refractivity contribution in [3.05, 3.63) is 138 Å². The SMILES string of the molecule is CC(c1ccccc1)[C@@H]1NC(=O)CNC(=O)[C@H](CO)NC(=O)[C@@H](C(O)C2CN=C(N)N2[C@H]2O[C@H](CO)[C@@H](O)[C@H](O)[C@@H]2O)NC(=O)[C@H](C(O)C2CN=C(N)N2)NC(=O)[C@@H](Cc2ccc(O[C@H]3O[C@H](CO)[C@@H](O[C@H]4O[C@H](COC(=O)C(c5ccccc5)c5ccccc5)[C@@H](O)[C@H](O)[C@@H]4O)[C@H](O)[C@@H]3O)cc2)NC1=O. The highest BCUT2D eigenvalue weighted by molar-refractivity contribution is 5.98. The van der Waals surface area contributed by atoms with E-state index in [9.17, 15) is 90.4 Å². The summed E-state index contributed by atoms with van der Waals surface area (Å²) in [5, 5.41) is 161. The van der Waals surface area contributed by atoms with E-state index in [0.717, 1.165) is 4.90 Å². The molecule has 576 valence electrons. The van der Waals surface area contributed by atoms with Crippen molar-refractivity contribution in [2.24, 2.45) is 21.5 Å². The highest BCUT2D eigenvalue weighted by Gasteiger charge is 2.54. The number of hydrogen-bond acceptors (Lipinski definition) is 32. The summed E-state index contributed by atoms with van der Waals surface area (Å²) in [4.78, 5) is 110. The molecule has 0 saturated carbocycles. The minimum Gasteiger partial charge on any atom is -0.462 e. The Balaban J connectivity index is 0.895. The Labute approximate surface area is 604 Å². The molecule has 6 aliphatic rings. The van der Waals surface area contributed by atoms with Crippen LogP contribution in [0.15, 0.2) is 125 Å². The van der Waals surface area contributed by atoms with Crippen LogP contribution in [0.5, 0.6) is 5.75 Å². The molecule has 4 fully saturated rings. The van der Waals surface area contributed by atoms with Crippen molar-refractivity contribution < 1.29 is 128 Å². The molecule has 4 saturated heterocycles. The topological polar surface area (TPSA) is 602 Å². The van der Waals surface area contributed by atoms with Gasteiger partial charge in [0.15, 0.2) is 24.4 Å². The van der Waals surface area contributed by atoms with Gasteiger partial charge in [0.25, 0.3) is 0 Å². The maximum absolute atomic E-state index is 15.2. The lowest BCUT2D eigenvalue weighted by Crippen LogP contribution is -2.70.